The lowest BCUT2D eigenvalue weighted by Crippen LogP contribution is -2.30. The smallest absolute Gasteiger partial charge is 0.268 e. The molecular weight excluding hydrogens is 273 g/mol. The van der Waals surface area contributed by atoms with E-state index in [4.69, 9.17) is 10.3 Å². The molecule has 1 amide bonds. The summed E-state index contributed by atoms with van der Waals surface area (Å²) >= 11 is 0. The second-order valence-corrected chi connectivity index (χ2v) is 4.80. The van der Waals surface area contributed by atoms with Crippen molar-refractivity contribution < 1.29 is 13.6 Å². The highest BCUT2D eigenvalue weighted by molar-refractivity contribution is 5.94. The number of carbonyl (C=O) groups is 1. The van der Waals surface area contributed by atoms with Crippen molar-refractivity contribution in [3.05, 3.63) is 59.4 Å². The molecule has 3 aromatic rings. The van der Waals surface area contributed by atoms with Crippen LogP contribution >= 0.6 is 0 Å². The second kappa shape index (κ2) is 5.06. The van der Waals surface area contributed by atoms with Gasteiger partial charge in [-0.05, 0) is 42.6 Å². The van der Waals surface area contributed by atoms with Crippen molar-refractivity contribution in [2.45, 2.75) is 13.5 Å². The van der Waals surface area contributed by atoms with Gasteiger partial charge in [0.15, 0.2) is 0 Å². The van der Waals surface area contributed by atoms with Crippen molar-refractivity contribution in [1.82, 2.24) is 9.99 Å². The summed E-state index contributed by atoms with van der Waals surface area (Å²) in [4.78, 5) is 11.6. The van der Waals surface area contributed by atoms with Crippen molar-refractivity contribution in [3.63, 3.8) is 0 Å². The molecule has 2 aromatic heterocycles. The molecule has 6 heteroatoms. The van der Waals surface area contributed by atoms with Crippen LogP contribution in [0.25, 0.3) is 10.9 Å². The minimum absolute atomic E-state index is 0.290. The Morgan fingerprint density at radius 3 is 2.95 bits per heavy atom. The number of carbonyl (C=O) groups excluding carboxylic acids is 1. The van der Waals surface area contributed by atoms with E-state index in [-0.39, 0.29) is 5.82 Å². The van der Waals surface area contributed by atoms with Gasteiger partial charge >= 0.3 is 0 Å². The number of hydrogen-bond acceptors (Lipinski definition) is 3. The molecule has 0 aliphatic heterocycles. The molecule has 108 valence electrons. The number of nitrogens with zero attached hydrogens (tertiary/aromatic N) is 1. The summed E-state index contributed by atoms with van der Waals surface area (Å²) in [5, 5.41) is 0.944. The minimum Gasteiger partial charge on any atom is -0.464 e. The van der Waals surface area contributed by atoms with Crippen molar-refractivity contribution in [2.75, 3.05) is 0 Å². The average Bonchev–Trinajstić information content (AvgIpc) is 3.02. The number of rotatable bonds is 3. The van der Waals surface area contributed by atoms with E-state index in [2.05, 4.69) is 5.43 Å². The number of furan rings is 1. The molecule has 3 rings (SSSR count). The highest BCUT2D eigenvalue weighted by atomic mass is 19.1. The summed E-state index contributed by atoms with van der Waals surface area (Å²) < 4.78 is 20.8. The third kappa shape index (κ3) is 2.41. The Bertz CT molecular complexity index is 820. The van der Waals surface area contributed by atoms with E-state index < -0.39 is 5.91 Å². The van der Waals surface area contributed by atoms with Crippen LogP contribution in [-0.2, 0) is 6.54 Å². The van der Waals surface area contributed by atoms with Crippen molar-refractivity contribution in [2.24, 2.45) is 5.84 Å². The van der Waals surface area contributed by atoms with E-state index in [9.17, 15) is 9.18 Å². The predicted molar refractivity (Wildman–Crippen MR) is 76.1 cm³/mol. The van der Waals surface area contributed by atoms with Gasteiger partial charge in [0.05, 0.1) is 17.6 Å². The number of aryl methyl sites for hydroxylation is 1. The fraction of sp³-hybridized carbons (Fsp3) is 0.133. The van der Waals surface area contributed by atoms with Crippen LogP contribution in [0.1, 0.15) is 21.9 Å². The maximum atomic E-state index is 13.3. The molecular formula is C15H14FN3O2. The van der Waals surface area contributed by atoms with E-state index in [0.717, 1.165) is 10.9 Å². The standard InChI is InChI=1S/C15H14FN3O2/c1-9-13(15(20)18-17)7-12(21-9)8-19-5-4-10-2-3-11(16)6-14(10)19/h2-7H,8,17H2,1H3,(H,18,20). The van der Waals surface area contributed by atoms with Crippen LogP contribution in [0.5, 0.6) is 0 Å². The lowest BCUT2D eigenvalue weighted by atomic mass is 10.2. The van der Waals surface area contributed by atoms with E-state index in [1.54, 1.807) is 19.1 Å². The Hall–Kier alpha value is -2.60. The van der Waals surface area contributed by atoms with Crippen molar-refractivity contribution in [1.29, 1.82) is 0 Å². The van der Waals surface area contributed by atoms with E-state index >= 15 is 0 Å². The van der Waals surface area contributed by atoms with Crippen molar-refractivity contribution in [3.8, 4) is 0 Å². The number of fused-ring (bicyclic) bond motifs is 1. The molecule has 3 N–H and O–H groups in total. The van der Waals surface area contributed by atoms with Crippen LogP contribution in [0, 0.1) is 12.7 Å². The molecule has 0 aliphatic rings. The number of nitrogen functional groups attached to an aromatic ring is 1. The molecule has 2 heterocycles. The van der Waals surface area contributed by atoms with Crippen LogP contribution in [0.4, 0.5) is 4.39 Å². The maximum absolute atomic E-state index is 13.3. The molecule has 5 nitrogen and oxygen atoms in total. The van der Waals surface area contributed by atoms with Crippen LogP contribution in [0.3, 0.4) is 0 Å². The molecule has 0 radical (unpaired) electrons. The van der Waals surface area contributed by atoms with E-state index in [1.165, 1.54) is 12.1 Å². The van der Waals surface area contributed by atoms with Gasteiger partial charge in [-0.1, -0.05) is 0 Å². The van der Waals surface area contributed by atoms with Gasteiger partial charge in [0.2, 0.25) is 0 Å². The van der Waals surface area contributed by atoms with Crippen LogP contribution in [0.2, 0.25) is 0 Å². The first-order valence-electron chi connectivity index (χ1n) is 6.43. The Balaban J connectivity index is 1.95. The van der Waals surface area contributed by atoms with Gasteiger partial charge in [-0.2, -0.15) is 0 Å². The summed E-state index contributed by atoms with van der Waals surface area (Å²) in [6, 6.07) is 8.16. The summed E-state index contributed by atoms with van der Waals surface area (Å²) in [5.74, 6) is 5.53. The minimum atomic E-state index is -0.397. The number of halogens is 1. The zero-order chi connectivity index (χ0) is 15.0. The number of nitrogens with two attached hydrogens (primary N) is 1. The summed E-state index contributed by atoms with van der Waals surface area (Å²) in [5.41, 5.74) is 3.25. The lowest BCUT2D eigenvalue weighted by Gasteiger charge is -2.02. The van der Waals surface area contributed by atoms with Gasteiger partial charge in [0.1, 0.15) is 17.3 Å². The molecule has 0 atom stereocenters. The van der Waals surface area contributed by atoms with Crippen molar-refractivity contribution >= 4 is 16.8 Å². The highest BCUT2D eigenvalue weighted by Gasteiger charge is 2.14. The van der Waals surface area contributed by atoms with Gasteiger partial charge in [0, 0.05) is 6.20 Å². The first-order valence-corrected chi connectivity index (χ1v) is 6.43. The van der Waals surface area contributed by atoms with E-state index in [0.29, 0.717) is 23.6 Å². The van der Waals surface area contributed by atoms with Crippen LogP contribution < -0.4 is 11.3 Å². The summed E-state index contributed by atoms with van der Waals surface area (Å²) in [6.07, 6.45) is 1.85. The van der Waals surface area contributed by atoms with E-state index in [1.807, 2.05) is 16.8 Å². The Labute approximate surface area is 120 Å². The van der Waals surface area contributed by atoms with Gasteiger partial charge in [-0.15, -0.1) is 0 Å². The number of nitrogens with one attached hydrogen (secondary N) is 1. The fourth-order valence-electron chi connectivity index (χ4n) is 2.39. The monoisotopic (exact) mass is 287 g/mol. The SMILES string of the molecule is Cc1oc(Cn2ccc3ccc(F)cc32)cc1C(=O)NN. The average molecular weight is 287 g/mol. The molecule has 1 aromatic carbocycles. The lowest BCUT2D eigenvalue weighted by molar-refractivity contribution is 0.0952. The number of hydrazine groups is 1. The van der Waals surface area contributed by atoms with Gasteiger partial charge in [-0.25, -0.2) is 10.2 Å². The Morgan fingerprint density at radius 2 is 2.19 bits per heavy atom. The zero-order valence-corrected chi connectivity index (χ0v) is 11.4. The molecule has 0 unspecified atom stereocenters. The largest absolute Gasteiger partial charge is 0.464 e. The molecule has 21 heavy (non-hydrogen) atoms. The Morgan fingerprint density at radius 1 is 1.38 bits per heavy atom. The molecule has 0 saturated carbocycles. The third-order valence-electron chi connectivity index (χ3n) is 3.41. The number of benzene rings is 1. The number of amides is 1. The summed E-state index contributed by atoms with van der Waals surface area (Å²) in [6.45, 7) is 2.10. The molecule has 0 bridgehead atoms. The second-order valence-electron chi connectivity index (χ2n) is 4.80. The molecule has 0 aliphatic carbocycles. The maximum Gasteiger partial charge on any atom is 0.268 e. The molecule has 0 saturated heterocycles. The quantitative estimate of drug-likeness (QED) is 0.441. The van der Waals surface area contributed by atoms with Crippen LogP contribution in [-0.4, -0.2) is 10.5 Å². The van der Waals surface area contributed by atoms with Gasteiger partial charge in [0.25, 0.3) is 5.91 Å². The third-order valence-corrected chi connectivity index (χ3v) is 3.41. The van der Waals surface area contributed by atoms with Crippen LogP contribution in [0.15, 0.2) is 40.9 Å². The summed E-state index contributed by atoms with van der Waals surface area (Å²) in [7, 11) is 0. The molecule has 0 fully saturated rings. The normalized spacial score (nSPS) is 11.0. The zero-order valence-electron chi connectivity index (χ0n) is 11.4. The van der Waals surface area contributed by atoms with Gasteiger partial charge in [-0.3, -0.25) is 10.2 Å². The predicted octanol–water partition coefficient (Wildman–Crippen LogP) is 2.33. The molecule has 0 spiro atoms. The number of hydrogen-bond donors (Lipinski definition) is 2. The number of aromatic nitrogens is 1. The van der Waals surface area contributed by atoms with Gasteiger partial charge < -0.3 is 8.98 Å². The highest BCUT2D eigenvalue weighted by Crippen LogP contribution is 2.21. The Kier molecular flexibility index (Phi) is 3.23. The topological polar surface area (TPSA) is 73.2 Å². The first-order chi connectivity index (χ1) is 10.1. The fourth-order valence-corrected chi connectivity index (χ4v) is 2.39. The first kappa shape index (κ1) is 13.4.